The van der Waals surface area contributed by atoms with Crippen molar-refractivity contribution in [2.45, 2.75) is 46.5 Å². The van der Waals surface area contributed by atoms with Crippen LogP contribution in [0.3, 0.4) is 0 Å². The molecule has 0 fully saturated rings. The number of ether oxygens (including phenoxy) is 2. The van der Waals surface area contributed by atoms with Crippen molar-refractivity contribution < 1.29 is 19.1 Å². The van der Waals surface area contributed by atoms with Crippen LogP contribution in [0.1, 0.15) is 67.9 Å². The number of anilines is 1. The number of amides is 1. The maximum Gasteiger partial charge on any atom is 0.262 e. The van der Waals surface area contributed by atoms with E-state index in [-0.39, 0.29) is 30.1 Å². The van der Waals surface area contributed by atoms with E-state index in [1.54, 1.807) is 18.2 Å². The molecule has 0 aliphatic carbocycles. The number of Topliss-reactive ketones (excluding diaryl/α,β-unsaturated/α-hetero) is 1. The zero-order valence-corrected chi connectivity index (χ0v) is 17.5. The molecule has 0 aliphatic rings. The average Bonchev–Trinajstić information content (AvgIpc) is 2.65. The van der Waals surface area contributed by atoms with Gasteiger partial charge in [0.1, 0.15) is 11.5 Å². The first-order valence-corrected chi connectivity index (χ1v) is 9.49. The Morgan fingerprint density at radius 1 is 1.00 bits per heavy atom. The normalized spacial score (nSPS) is 10.9. The summed E-state index contributed by atoms with van der Waals surface area (Å²) in [5.74, 6) is 1.05. The summed E-state index contributed by atoms with van der Waals surface area (Å²) in [6.45, 7) is 9.66. The topological polar surface area (TPSA) is 64.6 Å². The van der Waals surface area contributed by atoms with E-state index >= 15 is 0 Å². The van der Waals surface area contributed by atoms with Gasteiger partial charge in [-0.05, 0) is 42.0 Å². The Kier molecular flexibility index (Phi) is 7.21. The van der Waals surface area contributed by atoms with Gasteiger partial charge in [0.2, 0.25) is 0 Å². The second kappa shape index (κ2) is 9.40. The predicted octanol–water partition coefficient (Wildman–Crippen LogP) is 5.16. The van der Waals surface area contributed by atoms with Gasteiger partial charge >= 0.3 is 0 Å². The van der Waals surface area contributed by atoms with Crippen molar-refractivity contribution >= 4 is 17.4 Å². The van der Waals surface area contributed by atoms with Gasteiger partial charge in [-0.25, -0.2) is 0 Å². The number of ketones is 1. The molecule has 5 heteroatoms. The summed E-state index contributed by atoms with van der Waals surface area (Å²) in [4.78, 5) is 24.4. The van der Waals surface area contributed by atoms with Crippen LogP contribution in [-0.4, -0.2) is 25.4 Å². The number of carbonyl (C=O) groups excluding carboxylic acids is 2. The van der Waals surface area contributed by atoms with E-state index in [9.17, 15) is 9.59 Å². The highest BCUT2D eigenvalue weighted by Crippen LogP contribution is 2.32. The molecule has 5 nitrogen and oxygen atoms in total. The van der Waals surface area contributed by atoms with Gasteiger partial charge in [0.05, 0.1) is 12.7 Å². The van der Waals surface area contributed by atoms with Crippen molar-refractivity contribution in [1.82, 2.24) is 0 Å². The standard InChI is InChI=1S/C23H29NO4/c1-14(2)18-8-7-9-19(15(3)4)23(18)24-22(26)13-28-21-12-17(27-6)10-11-20(21)16(5)25/h7-12,14-15H,13H2,1-6H3,(H,24,26). The molecule has 28 heavy (non-hydrogen) atoms. The van der Waals surface area contributed by atoms with Crippen molar-refractivity contribution in [1.29, 1.82) is 0 Å². The number of hydrogen-bond donors (Lipinski definition) is 1. The number of para-hydroxylation sites is 1. The van der Waals surface area contributed by atoms with Crippen molar-refractivity contribution in [2.75, 3.05) is 19.0 Å². The number of rotatable bonds is 8. The van der Waals surface area contributed by atoms with Crippen LogP contribution in [0.25, 0.3) is 0 Å². The van der Waals surface area contributed by atoms with E-state index in [0.717, 1.165) is 16.8 Å². The molecule has 2 aromatic rings. The number of methoxy groups -OCH3 is 1. The van der Waals surface area contributed by atoms with E-state index in [4.69, 9.17) is 9.47 Å². The molecule has 1 amide bonds. The fourth-order valence-electron chi connectivity index (χ4n) is 3.05. The average molecular weight is 383 g/mol. The van der Waals surface area contributed by atoms with Crippen LogP contribution in [0, 0.1) is 0 Å². The number of hydrogen-bond acceptors (Lipinski definition) is 4. The first-order chi connectivity index (χ1) is 13.2. The molecule has 0 spiro atoms. The summed E-state index contributed by atoms with van der Waals surface area (Å²) in [5, 5.41) is 3.01. The van der Waals surface area contributed by atoms with Gasteiger partial charge in [-0.2, -0.15) is 0 Å². The van der Waals surface area contributed by atoms with E-state index < -0.39 is 0 Å². The number of benzene rings is 2. The third-order valence-electron chi connectivity index (χ3n) is 4.56. The number of nitrogens with one attached hydrogen (secondary N) is 1. The molecular formula is C23H29NO4. The molecule has 0 saturated carbocycles. The highest BCUT2D eigenvalue weighted by Gasteiger charge is 2.17. The lowest BCUT2D eigenvalue weighted by Crippen LogP contribution is -2.22. The van der Waals surface area contributed by atoms with Gasteiger partial charge < -0.3 is 14.8 Å². The molecule has 0 saturated heterocycles. The first-order valence-electron chi connectivity index (χ1n) is 9.49. The maximum atomic E-state index is 12.6. The fourth-order valence-corrected chi connectivity index (χ4v) is 3.05. The molecule has 0 bridgehead atoms. The lowest BCUT2D eigenvalue weighted by atomic mass is 9.92. The minimum atomic E-state index is -0.271. The molecule has 0 atom stereocenters. The van der Waals surface area contributed by atoms with Gasteiger partial charge in [0, 0.05) is 11.8 Å². The van der Waals surface area contributed by atoms with E-state index in [0.29, 0.717) is 17.1 Å². The first kappa shape index (κ1) is 21.5. The summed E-state index contributed by atoms with van der Waals surface area (Å²) in [5.41, 5.74) is 3.44. The Labute approximate surface area is 167 Å². The van der Waals surface area contributed by atoms with Gasteiger partial charge in [-0.1, -0.05) is 45.9 Å². The Balaban J connectivity index is 2.21. The highest BCUT2D eigenvalue weighted by atomic mass is 16.5. The highest BCUT2D eigenvalue weighted by molar-refractivity contribution is 5.97. The quantitative estimate of drug-likeness (QED) is 0.639. The van der Waals surface area contributed by atoms with Gasteiger partial charge in [0.25, 0.3) is 5.91 Å². The number of carbonyl (C=O) groups is 2. The van der Waals surface area contributed by atoms with E-state index in [2.05, 4.69) is 33.0 Å². The van der Waals surface area contributed by atoms with Crippen molar-refractivity contribution in [3.63, 3.8) is 0 Å². The molecule has 0 aromatic heterocycles. The maximum absolute atomic E-state index is 12.6. The van der Waals surface area contributed by atoms with Crippen LogP contribution in [0.15, 0.2) is 36.4 Å². The van der Waals surface area contributed by atoms with Gasteiger partial charge in [-0.3, -0.25) is 9.59 Å². The summed E-state index contributed by atoms with van der Waals surface area (Å²) in [7, 11) is 1.54. The fraction of sp³-hybridized carbons (Fsp3) is 0.391. The lowest BCUT2D eigenvalue weighted by Gasteiger charge is -2.20. The van der Waals surface area contributed by atoms with E-state index in [1.807, 2.05) is 18.2 Å². The predicted molar refractivity (Wildman–Crippen MR) is 112 cm³/mol. The minimum Gasteiger partial charge on any atom is -0.497 e. The van der Waals surface area contributed by atoms with Crippen LogP contribution in [0.4, 0.5) is 5.69 Å². The third kappa shape index (κ3) is 5.12. The Bertz CT molecular complexity index is 829. The Hall–Kier alpha value is -2.82. The Morgan fingerprint density at radius 3 is 2.11 bits per heavy atom. The lowest BCUT2D eigenvalue weighted by molar-refractivity contribution is -0.118. The van der Waals surface area contributed by atoms with Crippen molar-refractivity contribution in [3.05, 3.63) is 53.1 Å². The van der Waals surface area contributed by atoms with Crippen LogP contribution < -0.4 is 14.8 Å². The molecule has 150 valence electrons. The minimum absolute atomic E-state index is 0.134. The zero-order chi connectivity index (χ0) is 20.8. The largest absolute Gasteiger partial charge is 0.497 e. The summed E-state index contributed by atoms with van der Waals surface area (Å²) in [6.07, 6.45) is 0. The van der Waals surface area contributed by atoms with Gasteiger partial charge in [-0.15, -0.1) is 0 Å². The monoisotopic (exact) mass is 383 g/mol. The summed E-state index contributed by atoms with van der Waals surface area (Å²) < 4.78 is 10.8. The third-order valence-corrected chi connectivity index (χ3v) is 4.56. The molecule has 2 rings (SSSR count). The molecule has 0 radical (unpaired) electrons. The second-order valence-corrected chi connectivity index (χ2v) is 7.38. The molecule has 1 N–H and O–H groups in total. The molecule has 2 aromatic carbocycles. The van der Waals surface area contributed by atoms with E-state index in [1.165, 1.54) is 14.0 Å². The SMILES string of the molecule is COc1ccc(C(C)=O)c(OCC(=O)Nc2c(C(C)C)cccc2C(C)C)c1. The van der Waals surface area contributed by atoms with Crippen molar-refractivity contribution in [2.24, 2.45) is 0 Å². The second-order valence-electron chi connectivity index (χ2n) is 7.38. The van der Waals surface area contributed by atoms with Crippen LogP contribution in [0.2, 0.25) is 0 Å². The smallest absolute Gasteiger partial charge is 0.262 e. The van der Waals surface area contributed by atoms with Crippen LogP contribution >= 0.6 is 0 Å². The summed E-state index contributed by atoms with van der Waals surface area (Å²) in [6, 6.07) is 11.0. The summed E-state index contributed by atoms with van der Waals surface area (Å²) >= 11 is 0. The van der Waals surface area contributed by atoms with Crippen molar-refractivity contribution in [3.8, 4) is 11.5 Å². The molecule has 0 heterocycles. The zero-order valence-electron chi connectivity index (χ0n) is 17.5. The van der Waals surface area contributed by atoms with Crippen LogP contribution in [0.5, 0.6) is 11.5 Å². The van der Waals surface area contributed by atoms with Crippen LogP contribution in [-0.2, 0) is 4.79 Å². The Morgan fingerprint density at radius 2 is 1.61 bits per heavy atom. The molecule has 0 unspecified atom stereocenters. The molecular weight excluding hydrogens is 354 g/mol. The molecule has 0 aliphatic heterocycles. The van der Waals surface area contributed by atoms with Gasteiger partial charge in [0.15, 0.2) is 12.4 Å².